The van der Waals surface area contributed by atoms with E-state index in [0.29, 0.717) is 13.1 Å². The van der Waals surface area contributed by atoms with E-state index in [4.69, 9.17) is 16.3 Å². The Morgan fingerprint density at radius 2 is 2.00 bits per heavy atom. The van der Waals surface area contributed by atoms with Gasteiger partial charge in [0.15, 0.2) is 0 Å². The van der Waals surface area contributed by atoms with Gasteiger partial charge in [0.2, 0.25) is 0 Å². The number of halogens is 2. The average molecular weight is 348 g/mol. The Kier molecular flexibility index (Phi) is 5.17. The SMILES string of the molecule is COC(=O)[C@@H]1CN(Cc2ccccc2)C[C@H]1c1ccc(Cl)c(F)c1. The molecule has 0 N–H and O–H groups in total. The Labute approximate surface area is 146 Å². The zero-order chi connectivity index (χ0) is 17.1. The van der Waals surface area contributed by atoms with Crippen LogP contribution in [-0.2, 0) is 16.1 Å². The molecule has 0 aromatic heterocycles. The van der Waals surface area contributed by atoms with Gasteiger partial charge in [0, 0.05) is 25.6 Å². The highest BCUT2D eigenvalue weighted by atomic mass is 35.5. The van der Waals surface area contributed by atoms with Crippen LogP contribution in [0.15, 0.2) is 48.5 Å². The quantitative estimate of drug-likeness (QED) is 0.786. The third-order valence-corrected chi connectivity index (χ3v) is 4.83. The molecule has 2 aromatic carbocycles. The third kappa shape index (κ3) is 3.60. The molecule has 2 aromatic rings. The normalized spacial score (nSPS) is 21.0. The molecule has 0 aliphatic carbocycles. The Hall–Kier alpha value is -1.91. The van der Waals surface area contributed by atoms with Crippen LogP contribution in [0.5, 0.6) is 0 Å². The van der Waals surface area contributed by atoms with Crippen LogP contribution in [-0.4, -0.2) is 31.1 Å². The van der Waals surface area contributed by atoms with Crippen LogP contribution in [0.4, 0.5) is 4.39 Å². The topological polar surface area (TPSA) is 29.5 Å². The number of carbonyl (C=O) groups is 1. The maximum Gasteiger partial charge on any atom is 0.310 e. The molecule has 2 atom stereocenters. The first-order valence-corrected chi connectivity index (χ1v) is 8.25. The van der Waals surface area contributed by atoms with Crippen LogP contribution in [0.2, 0.25) is 5.02 Å². The van der Waals surface area contributed by atoms with Gasteiger partial charge in [0.25, 0.3) is 0 Å². The van der Waals surface area contributed by atoms with E-state index in [2.05, 4.69) is 17.0 Å². The minimum atomic E-state index is -0.459. The fourth-order valence-electron chi connectivity index (χ4n) is 3.33. The van der Waals surface area contributed by atoms with E-state index in [1.165, 1.54) is 18.7 Å². The molecule has 0 unspecified atom stereocenters. The van der Waals surface area contributed by atoms with Crippen molar-refractivity contribution < 1.29 is 13.9 Å². The van der Waals surface area contributed by atoms with Gasteiger partial charge in [0.1, 0.15) is 5.82 Å². The van der Waals surface area contributed by atoms with E-state index in [-0.39, 0.29) is 22.8 Å². The maximum atomic E-state index is 13.8. The minimum absolute atomic E-state index is 0.0903. The summed E-state index contributed by atoms with van der Waals surface area (Å²) in [6, 6.07) is 14.8. The Morgan fingerprint density at radius 1 is 1.25 bits per heavy atom. The van der Waals surface area contributed by atoms with Crippen LogP contribution in [0.3, 0.4) is 0 Å². The summed E-state index contributed by atoms with van der Waals surface area (Å²) >= 11 is 5.77. The van der Waals surface area contributed by atoms with Crippen molar-refractivity contribution in [2.75, 3.05) is 20.2 Å². The lowest BCUT2D eigenvalue weighted by Gasteiger charge is -2.17. The van der Waals surface area contributed by atoms with Gasteiger partial charge in [-0.25, -0.2) is 4.39 Å². The number of rotatable bonds is 4. The lowest BCUT2D eigenvalue weighted by atomic mass is 9.89. The van der Waals surface area contributed by atoms with Crippen molar-refractivity contribution in [2.24, 2.45) is 5.92 Å². The number of hydrogen-bond acceptors (Lipinski definition) is 3. The second kappa shape index (κ2) is 7.32. The monoisotopic (exact) mass is 347 g/mol. The summed E-state index contributed by atoms with van der Waals surface area (Å²) in [5.41, 5.74) is 1.96. The molecule has 1 fully saturated rings. The maximum absolute atomic E-state index is 13.8. The summed E-state index contributed by atoms with van der Waals surface area (Å²) in [6.45, 7) is 2.02. The molecular weight excluding hydrogens is 329 g/mol. The van der Waals surface area contributed by atoms with Crippen LogP contribution >= 0.6 is 11.6 Å². The number of nitrogens with zero attached hydrogens (tertiary/aromatic N) is 1. The Bertz CT molecular complexity index is 723. The van der Waals surface area contributed by atoms with Gasteiger partial charge in [-0.15, -0.1) is 0 Å². The lowest BCUT2D eigenvalue weighted by Crippen LogP contribution is -2.24. The van der Waals surface area contributed by atoms with Crippen molar-refractivity contribution in [3.05, 3.63) is 70.5 Å². The van der Waals surface area contributed by atoms with Gasteiger partial charge < -0.3 is 4.74 Å². The molecule has 3 nitrogen and oxygen atoms in total. The Morgan fingerprint density at radius 3 is 2.67 bits per heavy atom. The number of hydrogen-bond donors (Lipinski definition) is 0. The van der Waals surface area contributed by atoms with E-state index >= 15 is 0 Å². The van der Waals surface area contributed by atoms with E-state index in [0.717, 1.165) is 12.1 Å². The molecule has 1 heterocycles. The zero-order valence-electron chi connectivity index (χ0n) is 13.4. The Balaban J connectivity index is 1.82. The minimum Gasteiger partial charge on any atom is -0.469 e. The molecule has 1 saturated heterocycles. The van der Waals surface area contributed by atoms with Gasteiger partial charge in [0.05, 0.1) is 18.1 Å². The van der Waals surface area contributed by atoms with Crippen molar-refractivity contribution in [2.45, 2.75) is 12.5 Å². The highest BCUT2D eigenvalue weighted by Crippen LogP contribution is 2.35. The summed E-state index contributed by atoms with van der Waals surface area (Å²) in [7, 11) is 1.39. The molecule has 0 saturated carbocycles. The molecule has 1 aliphatic heterocycles. The number of carbonyl (C=O) groups excluding carboxylic acids is 1. The smallest absolute Gasteiger partial charge is 0.310 e. The summed E-state index contributed by atoms with van der Waals surface area (Å²) < 4.78 is 18.8. The third-order valence-electron chi connectivity index (χ3n) is 4.52. The molecule has 126 valence electrons. The molecule has 5 heteroatoms. The number of esters is 1. The summed E-state index contributed by atoms with van der Waals surface area (Å²) in [5.74, 6) is -1.13. The van der Waals surface area contributed by atoms with Gasteiger partial charge in [-0.3, -0.25) is 9.69 Å². The number of methoxy groups -OCH3 is 1. The van der Waals surface area contributed by atoms with Gasteiger partial charge >= 0.3 is 5.97 Å². The predicted molar refractivity (Wildman–Crippen MR) is 91.4 cm³/mol. The predicted octanol–water partition coefficient (Wildman–Crippen LogP) is 3.87. The van der Waals surface area contributed by atoms with Crippen molar-refractivity contribution in [3.63, 3.8) is 0 Å². The molecular formula is C19H19ClFNO2. The fraction of sp³-hybridized carbons (Fsp3) is 0.316. The van der Waals surface area contributed by atoms with Crippen LogP contribution in [0.1, 0.15) is 17.0 Å². The average Bonchev–Trinajstić information content (AvgIpc) is 3.01. The molecule has 0 spiro atoms. The number of benzene rings is 2. The zero-order valence-corrected chi connectivity index (χ0v) is 14.2. The second-order valence-electron chi connectivity index (χ2n) is 6.09. The van der Waals surface area contributed by atoms with Gasteiger partial charge in [-0.2, -0.15) is 0 Å². The summed E-state index contributed by atoms with van der Waals surface area (Å²) in [6.07, 6.45) is 0. The van der Waals surface area contributed by atoms with Gasteiger partial charge in [-0.05, 0) is 23.3 Å². The number of ether oxygens (including phenoxy) is 1. The molecule has 24 heavy (non-hydrogen) atoms. The van der Waals surface area contributed by atoms with Crippen molar-refractivity contribution in [3.8, 4) is 0 Å². The van der Waals surface area contributed by atoms with Gasteiger partial charge in [-0.1, -0.05) is 48.0 Å². The van der Waals surface area contributed by atoms with Crippen LogP contribution in [0.25, 0.3) is 0 Å². The highest BCUT2D eigenvalue weighted by Gasteiger charge is 2.39. The second-order valence-corrected chi connectivity index (χ2v) is 6.50. The number of likely N-dealkylation sites (tertiary alicyclic amines) is 1. The highest BCUT2D eigenvalue weighted by molar-refractivity contribution is 6.30. The first-order chi connectivity index (χ1) is 11.6. The summed E-state index contributed by atoms with van der Waals surface area (Å²) in [4.78, 5) is 14.4. The molecule has 0 amide bonds. The van der Waals surface area contributed by atoms with E-state index in [1.54, 1.807) is 12.1 Å². The van der Waals surface area contributed by atoms with Crippen LogP contribution in [0, 0.1) is 11.7 Å². The fourth-order valence-corrected chi connectivity index (χ4v) is 3.44. The van der Waals surface area contributed by atoms with Crippen molar-refractivity contribution in [1.82, 2.24) is 4.90 Å². The summed E-state index contributed by atoms with van der Waals surface area (Å²) in [5, 5.41) is 0.0903. The van der Waals surface area contributed by atoms with Crippen molar-refractivity contribution >= 4 is 17.6 Å². The molecule has 3 rings (SSSR count). The van der Waals surface area contributed by atoms with Crippen LogP contribution < -0.4 is 0 Å². The largest absolute Gasteiger partial charge is 0.469 e. The standard InChI is InChI=1S/C19H19ClFNO2/c1-24-19(23)16-12-22(10-13-5-3-2-4-6-13)11-15(16)14-7-8-17(20)18(21)9-14/h2-9,15-16H,10-12H2,1H3/t15-,16+/m0/s1. The lowest BCUT2D eigenvalue weighted by molar-refractivity contribution is -0.145. The molecule has 0 radical (unpaired) electrons. The first-order valence-electron chi connectivity index (χ1n) is 7.87. The van der Waals surface area contributed by atoms with E-state index in [1.807, 2.05) is 18.2 Å². The first kappa shape index (κ1) is 16.9. The molecule has 1 aliphatic rings. The van der Waals surface area contributed by atoms with E-state index < -0.39 is 5.82 Å². The molecule has 0 bridgehead atoms. The van der Waals surface area contributed by atoms with Crippen molar-refractivity contribution in [1.29, 1.82) is 0 Å². The van der Waals surface area contributed by atoms with E-state index in [9.17, 15) is 9.18 Å².